The Morgan fingerprint density at radius 1 is 0.644 bits per heavy atom. The van der Waals surface area contributed by atoms with E-state index in [0.717, 1.165) is 21.9 Å². The normalized spacial score (nSPS) is 25.2. The van der Waals surface area contributed by atoms with Crippen LogP contribution < -0.4 is 0 Å². The molecule has 0 bridgehead atoms. The molecule has 25 heteroatoms. The van der Waals surface area contributed by atoms with Crippen LogP contribution in [-0.2, 0) is 51.8 Å². The monoisotopic (exact) mass is 1070 g/mol. The Kier molecular flexibility index (Phi) is 15.7. The second-order valence-corrected chi connectivity index (χ2v) is 23.2. The first-order chi connectivity index (χ1) is 34.4. The Hall–Kier alpha value is -5.51. The molecule has 0 amide bonds. The zero-order chi connectivity index (χ0) is 52.6. The average Bonchev–Trinajstić information content (AvgIpc) is 4.18. The molecule has 8 heterocycles. The molecule has 4 aliphatic rings. The molecule has 6 aromatic rings. The van der Waals surface area contributed by atoms with Crippen molar-refractivity contribution in [2.24, 2.45) is 9.98 Å². The van der Waals surface area contributed by atoms with Crippen LogP contribution >= 0.6 is 10.7 Å². The maximum atomic E-state index is 12.8. The Labute approximate surface area is 428 Å². The number of benzene rings is 2. The van der Waals surface area contributed by atoms with Crippen LogP contribution in [0.1, 0.15) is 51.3 Å². The van der Waals surface area contributed by atoms with Gasteiger partial charge >= 0.3 is 0 Å². The molecule has 0 aliphatic carbocycles. The molecule has 0 spiro atoms. The van der Waals surface area contributed by atoms with Gasteiger partial charge in [0.25, 0.3) is 19.2 Å². The maximum Gasteiger partial charge on any atom is 0.297 e. The molecule has 4 aliphatic heterocycles. The van der Waals surface area contributed by atoms with Crippen LogP contribution in [0, 0.1) is 13.8 Å². The standard InChI is InChI=1S/C24H29N5O6S.C17H23N5O4.C7H7ClO2S/c1-15-6-8-16(9-7-15)36(30,31)32-12-18-19-20(35-24(2,3)34-19)23(33-18)29-11-10-17-21(27-14-28(4)5)25-13-26-22(17)29;1-17(2)25-12-11(7-23)24-16(13(12)26-17)22-6-5-10-14(20-9-21(3)4)18-8-19-15(10)22;1-6-2-4-7(5-3-6)11(8,9)10/h6-11,13-14,18-20,23H,12H2,1-5H3;5-6,8-9,11-13,16,23H,7H2,1-4H3;2-5H,1H3/t18-,19-,20-,23-;11-,12-,13-,16-;/m11./s1. The van der Waals surface area contributed by atoms with E-state index in [0.29, 0.717) is 22.9 Å². The number of aliphatic hydroxyl groups is 1. The van der Waals surface area contributed by atoms with Crippen LogP contribution in [0.15, 0.2) is 105 Å². The van der Waals surface area contributed by atoms with E-state index in [2.05, 4.69) is 29.9 Å². The highest BCUT2D eigenvalue weighted by Crippen LogP contribution is 2.46. The zero-order valence-corrected chi connectivity index (χ0v) is 44.3. The van der Waals surface area contributed by atoms with Crippen molar-refractivity contribution >= 4 is 76.2 Å². The van der Waals surface area contributed by atoms with Gasteiger partial charge in [-0.3, -0.25) is 4.18 Å². The number of halogens is 1. The summed E-state index contributed by atoms with van der Waals surface area (Å²) in [7, 11) is 5.11. The second kappa shape index (κ2) is 21.4. The molecule has 0 saturated carbocycles. The van der Waals surface area contributed by atoms with E-state index in [-0.39, 0.29) is 35.2 Å². The van der Waals surface area contributed by atoms with Gasteiger partial charge in [-0.2, -0.15) is 8.42 Å². The van der Waals surface area contributed by atoms with E-state index >= 15 is 0 Å². The third-order valence-electron chi connectivity index (χ3n) is 11.8. The molecule has 73 heavy (non-hydrogen) atoms. The van der Waals surface area contributed by atoms with Gasteiger partial charge in [0.1, 0.15) is 60.6 Å². The predicted octanol–water partition coefficient (Wildman–Crippen LogP) is 5.77. The van der Waals surface area contributed by atoms with Crippen LogP contribution in [0.25, 0.3) is 22.1 Å². The van der Waals surface area contributed by atoms with Crippen molar-refractivity contribution in [1.82, 2.24) is 38.9 Å². The zero-order valence-electron chi connectivity index (χ0n) is 41.9. The van der Waals surface area contributed by atoms with Gasteiger partial charge in [0, 0.05) is 51.3 Å². The lowest BCUT2D eigenvalue weighted by Crippen LogP contribution is -2.33. The molecular weight excluding hydrogens is 1010 g/mol. The summed E-state index contributed by atoms with van der Waals surface area (Å²) in [6.45, 7) is 10.8. The summed E-state index contributed by atoms with van der Waals surface area (Å²) >= 11 is 0. The van der Waals surface area contributed by atoms with Crippen LogP contribution in [0.4, 0.5) is 11.6 Å². The summed E-state index contributed by atoms with van der Waals surface area (Å²) in [4.78, 5) is 30.1. The quantitative estimate of drug-likeness (QED) is 0.0661. The van der Waals surface area contributed by atoms with E-state index in [1.54, 1.807) is 36.9 Å². The first kappa shape index (κ1) is 53.8. The van der Waals surface area contributed by atoms with Gasteiger partial charge in [0.2, 0.25) is 0 Å². The highest BCUT2D eigenvalue weighted by Gasteiger charge is 2.57. The van der Waals surface area contributed by atoms with Crippen molar-refractivity contribution in [2.75, 3.05) is 41.4 Å². The van der Waals surface area contributed by atoms with Crippen LogP contribution in [0.5, 0.6) is 0 Å². The number of aryl methyl sites for hydroxylation is 2. The number of aliphatic imine (C=N–C) groups is 2. The number of hydrogen-bond acceptors (Lipinski definition) is 18. The molecule has 8 atom stereocenters. The van der Waals surface area contributed by atoms with E-state index in [1.165, 1.54) is 36.9 Å². The fraction of sp³-hybridized carbons (Fsp3) is 0.458. The Morgan fingerprint density at radius 3 is 1.48 bits per heavy atom. The minimum absolute atomic E-state index is 0.0852. The average molecular weight is 1070 g/mol. The summed E-state index contributed by atoms with van der Waals surface area (Å²) in [6, 6.07) is 16.6. The molecule has 2 aromatic carbocycles. The van der Waals surface area contributed by atoms with Crippen molar-refractivity contribution in [2.45, 2.75) is 112 Å². The van der Waals surface area contributed by atoms with Crippen molar-refractivity contribution < 1.29 is 54.5 Å². The lowest BCUT2D eigenvalue weighted by molar-refractivity contribution is -0.199. The number of ether oxygens (including phenoxy) is 6. The highest BCUT2D eigenvalue weighted by molar-refractivity contribution is 8.13. The highest BCUT2D eigenvalue weighted by atomic mass is 35.7. The molecule has 4 fully saturated rings. The fourth-order valence-electron chi connectivity index (χ4n) is 8.55. The van der Waals surface area contributed by atoms with Gasteiger partial charge in [0.05, 0.1) is 46.5 Å². The second-order valence-electron chi connectivity index (χ2n) is 19.0. The minimum Gasteiger partial charge on any atom is -0.394 e. The summed E-state index contributed by atoms with van der Waals surface area (Å²) < 4.78 is 92.6. The van der Waals surface area contributed by atoms with Crippen LogP contribution in [0.2, 0.25) is 0 Å². The number of aliphatic hydroxyl groups excluding tert-OH is 1. The molecule has 392 valence electrons. The fourth-order valence-corrected chi connectivity index (χ4v) is 10.2. The number of aromatic nitrogens is 6. The van der Waals surface area contributed by atoms with Crippen LogP contribution in [-0.4, -0.2) is 163 Å². The largest absolute Gasteiger partial charge is 0.394 e. The van der Waals surface area contributed by atoms with Gasteiger partial charge < -0.3 is 52.5 Å². The number of rotatable bonds is 12. The van der Waals surface area contributed by atoms with Crippen molar-refractivity contribution in [3.05, 3.63) is 96.8 Å². The minimum atomic E-state index is -3.97. The van der Waals surface area contributed by atoms with Crippen molar-refractivity contribution in [1.29, 1.82) is 0 Å². The molecule has 4 aromatic heterocycles. The Bertz CT molecular complexity index is 3190. The molecule has 0 unspecified atom stereocenters. The lowest BCUT2D eigenvalue weighted by Gasteiger charge is -2.25. The topological polar surface area (TPSA) is 246 Å². The number of hydrogen-bond donors (Lipinski definition) is 1. The smallest absolute Gasteiger partial charge is 0.297 e. The van der Waals surface area contributed by atoms with E-state index < -0.39 is 67.6 Å². The Morgan fingerprint density at radius 2 is 1.05 bits per heavy atom. The summed E-state index contributed by atoms with van der Waals surface area (Å²) in [5.41, 5.74) is 3.27. The van der Waals surface area contributed by atoms with E-state index in [9.17, 15) is 21.9 Å². The van der Waals surface area contributed by atoms with Gasteiger partial charge in [-0.25, -0.2) is 38.3 Å². The van der Waals surface area contributed by atoms with Crippen LogP contribution in [0.3, 0.4) is 0 Å². The first-order valence-corrected chi connectivity index (χ1v) is 26.8. The van der Waals surface area contributed by atoms with Crippen molar-refractivity contribution in [3.63, 3.8) is 0 Å². The molecule has 4 saturated heterocycles. The molecular formula is C48H59ClN10O12S2. The van der Waals surface area contributed by atoms with Gasteiger partial charge in [-0.05, 0) is 77.9 Å². The number of fused-ring (bicyclic) bond motifs is 4. The number of nitrogens with zero attached hydrogens (tertiary/aromatic N) is 10. The first-order valence-electron chi connectivity index (χ1n) is 23.1. The summed E-state index contributed by atoms with van der Waals surface area (Å²) in [5.74, 6) is -0.483. The van der Waals surface area contributed by atoms with E-state index in [1.807, 2.05) is 113 Å². The molecule has 0 radical (unpaired) electrons. The molecule has 22 nitrogen and oxygen atoms in total. The predicted molar refractivity (Wildman–Crippen MR) is 270 cm³/mol. The Balaban J connectivity index is 0.000000167. The maximum absolute atomic E-state index is 12.8. The summed E-state index contributed by atoms with van der Waals surface area (Å²) in [5, 5.41) is 11.2. The van der Waals surface area contributed by atoms with Gasteiger partial charge in [-0.15, -0.1) is 0 Å². The lowest BCUT2D eigenvalue weighted by atomic mass is 10.1. The van der Waals surface area contributed by atoms with E-state index in [4.69, 9.17) is 43.3 Å². The summed E-state index contributed by atoms with van der Waals surface area (Å²) in [6.07, 6.45) is 6.09. The van der Waals surface area contributed by atoms with Gasteiger partial charge in [0.15, 0.2) is 35.7 Å². The molecule has 10 rings (SSSR count). The van der Waals surface area contributed by atoms with Crippen molar-refractivity contribution in [3.8, 4) is 0 Å². The van der Waals surface area contributed by atoms with Gasteiger partial charge in [-0.1, -0.05) is 35.4 Å². The molecule has 1 N–H and O–H groups in total. The SMILES string of the molecule is CN(C)C=Nc1ncnc2c1ccn2[C@@H]1O[C@H](CO)[C@H]2OC(C)(C)O[C@H]21.Cc1ccc(S(=O)(=O)Cl)cc1.Cc1ccc(S(=O)(=O)OC[C@H]2O[C@@H](n3ccc4c(N=CN(C)C)ncnc43)[C@@H]3OC(C)(C)O[C@@H]32)cc1. The third kappa shape index (κ3) is 12.2. The third-order valence-corrected chi connectivity index (χ3v) is 14.4.